The van der Waals surface area contributed by atoms with Gasteiger partial charge in [0.2, 0.25) is 23.6 Å². The second-order valence-electron chi connectivity index (χ2n) is 26.1. The summed E-state index contributed by atoms with van der Waals surface area (Å²) in [6.45, 7) is 46.6. The minimum absolute atomic E-state index is 0.117. The number of fused-ring (bicyclic) bond motifs is 19. The van der Waals surface area contributed by atoms with Gasteiger partial charge >= 0.3 is 0 Å². The van der Waals surface area contributed by atoms with E-state index in [4.69, 9.17) is 9.47 Å². The maximum absolute atomic E-state index is 15.1. The smallest absolute Gasteiger partial charge is 0.235 e. The molecule has 8 atom stereocenters. The largest absolute Gasteiger partial charge is 0.365 e. The maximum Gasteiger partial charge on any atom is 0.235 e. The lowest BCUT2D eigenvalue weighted by atomic mass is 9.71. The van der Waals surface area contributed by atoms with Gasteiger partial charge in [-0.15, -0.1) is 0 Å². The Balaban J connectivity index is 1.62. The Morgan fingerprint density at radius 3 is 0.867 bits per heavy atom. The third-order valence-electron chi connectivity index (χ3n) is 20.4. The van der Waals surface area contributed by atoms with Crippen molar-refractivity contribution in [2.24, 2.45) is 23.7 Å². The summed E-state index contributed by atoms with van der Waals surface area (Å²) in [7, 11) is -7.60. The zero-order chi connectivity index (χ0) is 45.5. The Labute approximate surface area is 364 Å². The molecule has 4 fully saturated rings. The van der Waals surface area contributed by atoms with E-state index in [1.807, 2.05) is 0 Å². The Morgan fingerprint density at radius 2 is 0.633 bits per heavy atom. The van der Waals surface area contributed by atoms with Crippen LogP contribution < -0.4 is 0 Å². The van der Waals surface area contributed by atoms with E-state index in [1.165, 1.54) is 9.80 Å². The van der Waals surface area contributed by atoms with Gasteiger partial charge in [0.15, 0.2) is 0 Å². The standard InChI is InChI=1S/C48H74N2O6Si4/c1-41(2,3)57(15,16)45-29-25-23-28-27(31(29)47(55-45,59(19,20)43(7,8)9)35-33(45)37(51)49(13)39(35)53)24-26-30-32(28)48(60(21,22)44(10,11)12)36-34(38(52)50(14)40(36)54)46(30,56-48)58(17,18)42(4,5)6/h23-26,33-36H,1-22H3/t33-,34-,35+,36+,45-,46-,47+,48+/m1/s1. The van der Waals surface area contributed by atoms with Gasteiger partial charge in [0.25, 0.3) is 0 Å². The first-order chi connectivity index (χ1) is 26.8. The molecule has 4 amide bonds. The topological polar surface area (TPSA) is 93.2 Å². The molecule has 4 saturated heterocycles. The average molecular weight is 887 g/mol. The summed E-state index contributed by atoms with van der Waals surface area (Å²) >= 11 is 0. The van der Waals surface area contributed by atoms with Gasteiger partial charge in [-0.1, -0.05) is 160 Å². The van der Waals surface area contributed by atoms with Gasteiger partial charge in [-0.25, -0.2) is 0 Å². The lowest BCUT2D eigenvalue weighted by Gasteiger charge is -2.52. The SMILES string of the molecule is CN1C(=O)[C@@H]2[C@H](C1=O)[C@@]1([Si](C)(C)C(C)(C)C)O[C@]2([Si](C)(C)C(C)(C)C)c2c1ccc1c3c(ccc21)[C@]1([Si](C)(C)C(C)(C)C)O[C@@]3([Si](C)(C)C(C)(C)C)[C@@H]2C(=O)N(C)C(=O)[C@@H]21. The Kier molecular flexibility index (Phi) is 8.52. The van der Waals surface area contributed by atoms with Gasteiger partial charge < -0.3 is 9.47 Å². The fraction of sp³-hybridized carbons (Fsp3) is 0.708. The number of likely N-dealkylation sites (tertiary alicyclic amines) is 2. The molecule has 6 aliphatic rings. The molecule has 8 nitrogen and oxygen atoms in total. The molecule has 0 unspecified atom stereocenters. The molecule has 8 rings (SSSR count). The highest BCUT2D eigenvalue weighted by molar-refractivity contribution is 6.87. The van der Waals surface area contributed by atoms with Gasteiger partial charge in [-0.2, -0.15) is 0 Å². The molecule has 0 aliphatic carbocycles. The van der Waals surface area contributed by atoms with Gasteiger partial charge in [0.05, 0.1) is 76.9 Å². The number of hydrogen-bond acceptors (Lipinski definition) is 6. The van der Waals surface area contributed by atoms with Crippen LogP contribution >= 0.6 is 0 Å². The first kappa shape index (κ1) is 44.4. The number of ether oxygens (including phenoxy) is 2. The van der Waals surface area contributed by atoms with Crippen molar-refractivity contribution in [2.75, 3.05) is 14.1 Å². The van der Waals surface area contributed by atoms with Gasteiger partial charge in [-0.05, 0) is 53.2 Å². The molecule has 0 radical (unpaired) electrons. The number of benzene rings is 2. The highest BCUT2D eigenvalue weighted by Crippen LogP contribution is 2.79. The monoisotopic (exact) mass is 886 g/mol. The third-order valence-corrected chi connectivity index (χ3v) is 45.5. The Morgan fingerprint density at radius 1 is 0.417 bits per heavy atom. The zero-order valence-electron chi connectivity index (χ0n) is 41.0. The lowest BCUT2D eigenvalue weighted by molar-refractivity contribution is -0.146. The number of amides is 4. The highest BCUT2D eigenvalue weighted by Gasteiger charge is 2.87. The normalized spacial score (nSPS) is 34.4. The van der Waals surface area contributed by atoms with Crippen molar-refractivity contribution in [2.45, 2.75) is 177 Å². The number of nitrogens with zero attached hydrogens (tertiary/aromatic N) is 2. The van der Waals surface area contributed by atoms with Crippen LogP contribution in [0.2, 0.25) is 72.5 Å². The molecule has 328 valence electrons. The van der Waals surface area contributed by atoms with Crippen LogP contribution in [-0.4, -0.2) is 79.8 Å². The van der Waals surface area contributed by atoms with Crippen molar-refractivity contribution in [1.82, 2.24) is 9.80 Å². The summed E-state index contributed by atoms with van der Waals surface area (Å²) in [6, 6.07) is 9.14. The molecular formula is C48H74N2O6Si4. The van der Waals surface area contributed by atoms with Crippen LogP contribution in [0.3, 0.4) is 0 Å². The third kappa shape index (κ3) is 4.19. The first-order valence-corrected chi connectivity index (χ1v) is 34.5. The molecule has 0 aromatic heterocycles. The summed E-state index contributed by atoms with van der Waals surface area (Å²) in [5, 5.41) is -2.69. The number of hydrogen-bond donors (Lipinski definition) is 0. The predicted octanol–water partition coefficient (Wildman–Crippen LogP) is 10.4. The molecule has 0 N–H and O–H groups in total. The Bertz CT molecular complexity index is 2200. The van der Waals surface area contributed by atoms with E-state index in [0.29, 0.717) is 0 Å². The number of imide groups is 2. The number of carbonyl (C=O) groups is 4. The quantitative estimate of drug-likeness (QED) is 0.224. The van der Waals surface area contributed by atoms with Crippen molar-refractivity contribution in [3.63, 3.8) is 0 Å². The maximum atomic E-state index is 15.1. The molecule has 6 aliphatic heterocycles. The van der Waals surface area contributed by atoms with E-state index in [-0.39, 0.29) is 43.8 Å². The second kappa shape index (κ2) is 11.5. The van der Waals surface area contributed by atoms with E-state index in [0.717, 1.165) is 33.0 Å². The molecule has 12 heteroatoms. The Hall–Kier alpha value is -2.23. The van der Waals surface area contributed by atoms with E-state index >= 15 is 9.59 Å². The van der Waals surface area contributed by atoms with Crippen LogP contribution in [0.25, 0.3) is 10.8 Å². The van der Waals surface area contributed by atoms with Crippen molar-refractivity contribution in [3.8, 4) is 0 Å². The summed E-state index contributed by atoms with van der Waals surface area (Å²) < 4.78 is 16.3. The molecule has 60 heavy (non-hydrogen) atoms. The molecule has 2 aromatic carbocycles. The van der Waals surface area contributed by atoms with Crippen LogP contribution in [-0.2, 0) is 49.5 Å². The zero-order valence-corrected chi connectivity index (χ0v) is 45.0. The lowest BCUT2D eigenvalue weighted by Crippen LogP contribution is -2.62. The van der Waals surface area contributed by atoms with Crippen LogP contribution in [0.5, 0.6) is 0 Å². The summed E-state index contributed by atoms with van der Waals surface area (Å²) in [4.78, 5) is 62.6. The van der Waals surface area contributed by atoms with Gasteiger partial charge in [0.1, 0.15) is 0 Å². The molecule has 2 aromatic rings. The molecular weight excluding hydrogens is 813 g/mol. The highest BCUT2D eigenvalue weighted by atomic mass is 28.3. The second-order valence-corrected chi connectivity index (χ2v) is 48.1. The van der Waals surface area contributed by atoms with E-state index < -0.39 is 76.9 Å². The fourth-order valence-electron chi connectivity index (χ4n) is 13.3. The molecule has 6 heterocycles. The van der Waals surface area contributed by atoms with Crippen LogP contribution in [0, 0.1) is 23.7 Å². The van der Waals surface area contributed by atoms with Gasteiger partial charge in [-0.3, -0.25) is 29.0 Å². The van der Waals surface area contributed by atoms with Crippen LogP contribution in [0.15, 0.2) is 24.3 Å². The fourth-order valence-corrected chi connectivity index (χ4v) is 27.4. The van der Waals surface area contributed by atoms with Crippen molar-refractivity contribution in [3.05, 3.63) is 46.5 Å². The van der Waals surface area contributed by atoms with Crippen molar-refractivity contribution >= 4 is 66.7 Å². The molecule has 4 bridgehead atoms. The number of rotatable bonds is 4. The van der Waals surface area contributed by atoms with E-state index in [9.17, 15) is 9.59 Å². The summed E-state index contributed by atoms with van der Waals surface area (Å²) in [5.41, 5.74) is 4.35. The summed E-state index contributed by atoms with van der Waals surface area (Å²) in [6.07, 6.45) is 0. The first-order valence-electron chi connectivity index (χ1n) is 22.5. The minimum atomic E-state index is -2.79. The van der Waals surface area contributed by atoms with E-state index in [2.05, 4.69) is 160 Å². The predicted molar refractivity (Wildman–Crippen MR) is 251 cm³/mol. The summed E-state index contributed by atoms with van der Waals surface area (Å²) in [5.74, 6) is -3.00. The minimum Gasteiger partial charge on any atom is -0.365 e. The van der Waals surface area contributed by atoms with Crippen LogP contribution in [0.4, 0.5) is 0 Å². The van der Waals surface area contributed by atoms with Gasteiger partial charge in [0, 0.05) is 14.1 Å². The number of carbonyl (C=O) groups excluding carboxylic acids is 4. The van der Waals surface area contributed by atoms with Crippen molar-refractivity contribution < 1.29 is 28.7 Å². The van der Waals surface area contributed by atoms with Crippen molar-refractivity contribution in [1.29, 1.82) is 0 Å². The molecule has 0 saturated carbocycles. The van der Waals surface area contributed by atoms with E-state index in [1.54, 1.807) is 14.1 Å². The average Bonchev–Trinajstić information content (AvgIpc) is 3.89. The molecule has 0 spiro atoms. The van der Waals surface area contributed by atoms with Crippen LogP contribution in [0.1, 0.15) is 105 Å².